The minimum atomic E-state index is 0.319. The zero-order chi connectivity index (χ0) is 15.1. The predicted molar refractivity (Wildman–Crippen MR) is 92.0 cm³/mol. The van der Waals surface area contributed by atoms with Crippen LogP contribution in [-0.4, -0.2) is 37.7 Å². The van der Waals surface area contributed by atoms with Crippen molar-refractivity contribution in [1.82, 2.24) is 10.2 Å². The monoisotopic (exact) mass is 354 g/mol. The fraction of sp³-hybridized carbons (Fsp3) is 0.647. The Balaban J connectivity index is 1.93. The number of halogens is 1. The highest BCUT2D eigenvalue weighted by atomic mass is 79.9. The first-order chi connectivity index (χ1) is 10.2. The fourth-order valence-corrected chi connectivity index (χ4v) is 3.09. The lowest BCUT2D eigenvalue weighted by Gasteiger charge is -2.20. The standard InChI is InChI=1S/C17H27BrN2O/c1-3-8-19-14(2)16-7-6-15(18)13-17(16)21-12-11-20-9-4-5-10-20/h6-7,13-14,19H,3-5,8-12H2,1-2H3. The second-order valence-electron chi connectivity index (χ2n) is 5.76. The van der Waals surface area contributed by atoms with Crippen LogP contribution in [0, 0.1) is 0 Å². The lowest BCUT2D eigenvalue weighted by Crippen LogP contribution is -2.25. The summed E-state index contributed by atoms with van der Waals surface area (Å²) in [5, 5.41) is 3.53. The summed E-state index contributed by atoms with van der Waals surface area (Å²) in [6, 6.07) is 6.65. The number of ether oxygens (including phenoxy) is 1. The van der Waals surface area contributed by atoms with E-state index in [1.54, 1.807) is 0 Å². The first-order valence-corrected chi connectivity index (χ1v) is 8.88. The third-order valence-corrected chi connectivity index (χ3v) is 4.50. The Labute approximate surface area is 137 Å². The van der Waals surface area contributed by atoms with E-state index < -0.39 is 0 Å². The molecule has 0 bridgehead atoms. The van der Waals surface area contributed by atoms with E-state index in [4.69, 9.17) is 4.74 Å². The molecule has 1 aliphatic heterocycles. The molecule has 118 valence electrons. The summed E-state index contributed by atoms with van der Waals surface area (Å²) in [6.07, 6.45) is 3.81. The third-order valence-electron chi connectivity index (χ3n) is 4.01. The van der Waals surface area contributed by atoms with Crippen LogP contribution in [0.15, 0.2) is 22.7 Å². The van der Waals surface area contributed by atoms with Crippen LogP contribution >= 0.6 is 15.9 Å². The van der Waals surface area contributed by atoms with Crippen molar-refractivity contribution >= 4 is 15.9 Å². The zero-order valence-corrected chi connectivity index (χ0v) is 14.8. The number of nitrogens with zero attached hydrogens (tertiary/aromatic N) is 1. The van der Waals surface area contributed by atoms with Crippen LogP contribution in [-0.2, 0) is 0 Å². The Kier molecular flexibility index (Phi) is 7.00. The van der Waals surface area contributed by atoms with E-state index in [0.29, 0.717) is 6.04 Å². The summed E-state index contributed by atoms with van der Waals surface area (Å²) in [7, 11) is 0. The van der Waals surface area contributed by atoms with Crippen molar-refractivity contribution in [2.24, 2.45) is 0 Å². The Morgan fingerprint density at radius 1 is 1.33 bits per heavy atom. The molecule has 1 N–H and O–H groups in total. The normalized spacial score (nSPS) is 17.1. The van der Waals surface area contributed by atoms with Crippen molar-refractivity contribution in [3.05, 3.63) is 28.2 Å². The van der Waals surface area contributed by atoms with Gasteiger partial charge in [0.25, 0.3) is 0 Å². The van der Waals surface area contributed by atoms with Gasteiger partial charge in [0.05, 0.1) is 0 Å². The van der Waals surface area contributed by atoms with Gasteiger partial charge in [0.15, 0.2) is 0 Å². The van der Waals surface area contributed by atoms with Gasteiger partial charge in [-0.3, -0.25) is 4.90 Å². The maximum absolute atomic E-state index is 6.07. The molecule has 1 atom stereocenters. The largest absolute Gasteiger partial charge is 0.492 e. The fourth-order valence-electron chi connectivity index (χ4n) is 2.75. The highest BCUT2D eigenvalue weighted by Crippen LogP contribution is 2.28. The van der Waals surface area contributed by atoms with Crippen molar-refractivity contribution in [2.45, 2.75) is 39.2 Å². The molecule has 0 aromatic heterocycles. The molecule has 1 heterocycles. The lowest BCUT2D eigenvalue weighted by molar-refractivity contribution is 0.235. The number of hydrogen-bond donors (Lipinski definition) is 1. The van der Waals surface area contributed by atoms with Crippen LogP contribution in [0.5, 0.6) is 5.75 Å². The third kappa shape index (κ3) is 5.28. The molecule has 4 heteroatoms. The van der Waals surface area contributed by atoms with Gasteiger partial charge in [-0.15, -0.1) is 0 Å². The van der Waals surface area contributed by atoms with Crippen LogP contribution in [0.3, 0.4) is 0 Å². The first-order valence-electron chi connectivity index (χ1n) is 8.08. The summed E-state index contributed by atoms with van der Waals surface area (Å²) in [5.41, 5.74) is 1.24. The van der Waals surface area contributed by atoms with Gasteiger partial charge in [-0.05, 0) is 58.0 Å². The van der Waals surface area contributed by atoms with Crippen molar-refractivity contribution < 1.29 is 4.74 Å². The van der Waals surface area contributed by atoms with Gasteiger partial charge in [-0.25, -0.2) is 0 Å². The number of likely N-dealkylation sites (tertiary alicyclic amines) is 1. The van der Waals surface area contributed by atoms with Crippen LogP contribution in [0.25, 0.3) is 0 Å². The Hall–Kier alpha value is -0.580. The Morgan fingerprint density at radius 2 is 2.10 bits per heavy atom. The van der Waals surface area contributed by atoms with Gasteiger partial charge in [-0.2, -0.15) is 0 Å². The predicted octanol–water partition coefficient (Wildman–Crippen LogP) is 3.98. The number of benzene rings is 1. The van der Waals surface area contributed by atoms with Crippen LogP contribution in [0.2, 0.25) is 0 Å². The summed E-state index contributed by atoms with van der Waals surface area (Å²) >= 11 is 3.55. The highest BCUT2D eigenvalue weighted by Gasteiger charge is 2.14. The molecule has 0 amide bonds. The van der Waals surface area contributed by atoms with Gasteiger partial charge in [-0.1, -0.05) is 28.9 Å². The Bertz CT molecular complexity index is 433. The topological polar surface area (TPSA) is 24.5 Å². The average Bonchev–Trinajstić information content (AvgIpc) is 2.98. The van der Waals surface area contributed by atoms with E-state index in [0.717, 1.165) is 36.3 Å². The molecule has 0 aliphatic carbocycles. The molecule has 1 fully saturated rings. The molecule has 1 saturated heterocycles. The maximum Gasteiger partial charge on any atom is 0.125 e. The minimum Gasteiger partial charge on any atom is -0.492 e. The quantitative estimate of drug-likeness (QED) is 0.763. The summed E-state index contributed by atoms with van der Waals surface area (Å²) in [6.45, 7) is 9.67. The van der Waals surface area contributed by atoms with Crippen LogP contribution < -0.4 is 10.1 Å². The van der Waals surface area contributed by atoms with E-state index in [1.807, 2.05) is 0 Å². The Morgan fingerprint density at radius 3 is 2.81 bits per heavy atom. The molecule has 21 heavy (non-hydrogen) atoms. The van der Waals surface area contributed by atoms with Crippen molar-refractivity contribution in [1.29, 1.82) is 0 Å². The molecule has 0 spiro atoms. The second kappa shape index (κ2) is 8.76. The van der Waals surface area contributed by atoms with Gasteiger partial charge in [0.2, 0.25) is 0 Å². The van der Waals surface area contributed by atoms with E-state index in [-0.39, 0.29) is 0 Å². The van der Waals surface area contributed by atoms with Crippen LogP contribution in [0.4, 0.5) is 0 Å². The summed E-state index contributed by atoms with van der Waals surface area (Å²) in [4.78, 5) is 2.48. The van der Waals surface area contributed by atoms with E-state index in [2.05, 4.69) is 58.2 Å². The first kappa shape index (κ1) is 16.8. The molecular weight excluding hydrogens is 328 g/mol. The molecule has 1 aliphatic rings. The number of nitrogens with one attached hydrogen (secondary N) is 1. The molecular formula is C17H27BrN2O. The van der Waals surface area contributed by atoms with E-state index >= 15 is 0 Å². The molecule has 1 aromatic carbocycles. The summed E-state index contributed by atoms with van der Waals surface area (Å²) in [5.74, 6) is 1.000. The van der Waals surface area contributed by atoms with E-state index in [1.165, 1.54) is 31.5 Å². The van der Waals surface area contributed by atoms with Gasteiger partial charge >= 0.3 is 0 Å². The van der Waals surface area contributed by atoms with Crippen molar-refractivity contribution in [3.63, 3.8) is 0 Å². The van der Waals surface area contributed by atoms with Crippen molar-refractivity contribution in [2.75, 3.05) is 32.8 Å². The molecule has 2 rings (SSSR count). The maximum atomic E-state index is 6.07. The number of hydrogen-bond acceptors (Lipinski definition) is 3. The molecule has 0 radical (unpaired) electrons. The number of rotatable bonds is 8. The van der Waals surface area contributed by atoms with Gasteiger partial charge in [0.1, 0.15) is 12.4 Å². The van der Waals surface area contributed by atoms with Crippen molar-refractivity contribution in [3.8, 4) is 5.75 Å². The second-order valence-corrected chi connectivity index (χ2v) is 6.67. The van der Waals surface area contributed by atoms with Gasteiger partial charge < -0.3 is 10.1 Å². The smallest absolute Gasteiger partial charge is 0.125 e. The molecule has 1 unspecified atom stereocenters. The van der Waals surface area contributed by atoms with E-state index in [9.17, 15) is 0 Å². The zero-order valence-electron chi connectivity index (χ0n) is 13.2. The highest BCUT2D eigenvalue weighted by molar-refractivity contribution is 9.10. The SMILES string of the molecule is CCCNC(C)c1ccc(Br)cc1OCCN1CCCC1. The minimum absolute atomic E-state index is 0.319. The lowest BCUT2D eigenvalue weighted by atomic mass is 10.1. The van der Waals surface area contributed by atoms with Gasteiger partial charge in [0, 0.05) is 22.6 Å². The van der Waals surface area contributed by atoms with Crippen LogP contribution in [0.1, 0.15) is 44.7 Å². The molecule has 1 aromatic rings. The molecule has 3 nitrogen and oxygen atoms in total. The summed E-state index contributed by atoms with van der Waals surface area (Å²) < 4.78 is 7.14. The molecule has 0 saturated carbocycles. The average molecular weight is 355 g/mol.